The highest BCUT2D eigenvalue weighted by atomic mass is 15.0. The molecule has 31 heavy (non-hydrogen) atoms. The molecule has 0 N–H and O–H groups in total. The molecule has 0 saturated heterocycles. The largest absolute Gasteiger partial charge is 0.216 e. The Bertz CT molecular complexity index is 1480. The molecule has 0 fully saturated rings. The number of aryl methyl sites for hydroxylation is 4. The molecular formula is C29H28N2+2. The molecule has 0 radical (unpaired) electrons. The van der Waals surface area contributed by atoms with Gasteiger partial charge in [0, 0.05) is 41.0 Å². The quantitative estimate of drug-likeness (QED) is 0.319. The molecule has 0 atom stereocenters. The monoisotopic (exact) mass is 404 g/mol. The van der Waals surface area contributed by atoms with Crippen molar-refractivity contribution >= 4 is 21.5 Å². The molecule has 0 unspecified atom stereocenters. The van der Waals surface area contributed by atoms with Crippen molar-refractivity contribution in [1.82, 2.24) is 0 Å². The van der Waals surface area contributed by atoms with Crippen LogP contribution in [-0.2, 0) is 7.05 Å². The van der Waals surface area contributed by atoms with Gasteiger partial charge in [0.05, 0.1) is 5.56 Å². The maximum Gasteiger partial charge on any atom is 0.216 e. The summed E-state index contributed by atoms with van der Waals surface area (Å²) >= 11 is 0. The maximum absolute atomic E-state index is 2.34. The van der Waals surface area contributed by atoms with Crippen molar-refractivity contribution in [2.45, 2.75) is 27.7 Å². The lowest BCUT2D eigenvalue weighted by Gasteiger charge is -2.13. The van der Waals surface area contributed by atoms with Gasteiger partial charge in [0.15, 0.2) is 18.1 Å². The van der Waals surface area contributed by atoms with Crippen molar-refractivity contribution in [2.75, 3.05) is 0 Å². The summed E-state index contributed by atoms with van der Waals surface area (Å²) in [6.07, 6.45) is 4.51. The fraction of sp³-hybridized carbons (Fsp3) is 0.172. The lowest BCUT2D eigenvalue weighted by atomic mass is 9.94. The highest BCUT2D eigenvalue weighted by Gasteiger charge is 2.24. The first-order valence-corrected chi connectivity index (χ1v) is 10.8. The van der Waals surface area contributed by atoms with Crippen LogP contribution in [0.4, 0.5) is 0 Å². The zero-order valence-electron chi connectivity index (χ0n) is 18.9. The first-order chi connectivity index (χ1) is 14.9. The average molecular weight is 405 g/mol. The summed E-state index contributed by atoms with van der Waals surface area (Å²) in [7, 11) is 2.16. The molecule has 2 heteroatoms. The van der Waals surface area contributed by atoms with Crippen molar-refractivity contribution in [2.24, 2.45) is 7.05 Å². The number of pyridine rings is 2. The van der Waals surface area contributed by atoms with Crippen molar-refractivity contribution in [3.05, 3.63) is 102 Å². The molecule has 0 bridgehead atoms. The summed E-state index contributed by atoms with van der Waals surface area (Å²) in [6, 6.07) is 24.1. The van der Waals surface area contributed by atoms with Gasteiger partial charge in [0.25, 0.3) is 0 Å². The molecule has 2 heterocycles. The van der Waals surface area contributed by atoms with Gasteiger partial charge in [-0.1, -0.05) is 36.4 Å². The topological polar surface area (TPSA) is 7.76 Å². The fourth-order valence-electron chi connectivity index (χ4n) is 4.90. The predicted octanol–water partition coefficient (Wildman–Crippen LogP) is 5.99. The van der Waals surface area contributed by atoms with E-state index < -0.39 is 0 Å². The van der Waals surface area contributed by atoms with Gasteiger partial charge in [-0.3, -0.25) is 0 Å². The average Bonchev–Trinajstić information content (AvgIpc) is 2.75. The summed E-state index contributed by atoms with van der Waals surface area (Å²) in [5.41, 5.74) is 8.93. The minimum atomic E-state index is 1.23. The third-order valence-corrected chi connectivity index (χ3v) is 6.45. The van der Waals surface area contributed by atoms with Crippen LogP contribution in [0, 0.1) is 27.7 Å². The Kier molecular flexibility index (Phi) is 4.59. The van der Waals surface area contributed by atoms with E-state index in [0.717, 1.165) is 0 Å². The van der Waals surface area contributed by atoms with Crippen molar-refractivity contribution < 1.29 is 9.13 Å². The van der Waals surface area contributed by atoms with Gasteiger partial charge in [-0.25, -0.2) is 4.57 Å². The second-order valence-electron chi connectivity index (χ2n) is 8.67. The summed E-state index contributed by atoms with van der Waals surface area (Å²) in [6.45, 7) is 8.88. The van der Waals surface area contributed by atoms with E-state index >= 15 is 0 Å². The summed E-state index contributed by atoms with van der Waals surface area (Å²) in [5, 5.41) is 5.12. The van der Waals surface area contributed by atoms with Gasteiger partial charge < -0.3 is 0 Å². The standard InChI is InChI=1S/C29H28N2/c1-19-14-27(29-22(4)26-13-9-8-12-25(26)17-30(29)5)21(3)28(15-19)31-18-24-11-7-6-10-23(24)16-20(31)2/h6-18H,1-5H3/q+2. The van der Waals surface area contributed by atoms with E-state index in [9.17, 15) is 0 Å². The third-order valence-electron chi connectivity index (χ3n) is 6.45. The van der Waals surface area contributed by atoms with Crippen LogP contribution in [0.1, 0.15) is 22.4 Å². The SMILES string of the molecule is Cc1cc(-c2c(C)c3ccccc3c[n+]2C)c(C)c(-[n+]2cc3ccccc3cc2C)c1. The normalized spacial score (nSPS) is 11.4. The lowest BCUT2D eigenvalue weighted by molar-refractivity contribution is -0.659. The molecule has 0 aliphatic rings. The van der Waals surface area contributed by atoms with E-state index in [1.807, 2.05) is 0 Å². The molecule has 5 aromatic rings. The summed E-state index contributed by atoms with van der Waals surface area (Å²) in [4.78, 5) is 0. The van der Waals surface area contributed by atoms with Gasteiger partial charge >= 0.3 is 0 Å². The Morgan fingerprint density at radius 3 is 2.10 bits per heavy atom. The number of hydrogen-bond acceptors (Lipinski definition) is 0. The summed E-state index contributed by atoms with van der Waals surface area (Å²) < 4.78 is 4.62. The molecule has 2 nitrogen and oxygen atoms in total. The molecular weight excluding hydrogens is 376 g/mol. The first kappa shape index (κ1) is 19.4. The van der Waals surface area contributed by atoms with Gasteiger partial charge in [-0.2, -0.15) is 4.57 Å². The zero-order valence-corrected chi connectivity index (χ0v) is 18.9. The Morgan fingerprint density at radius 2 is 1.32 bits per heavy atom. The van der Waals surface area contributed by atoms with Crippen LogP contribution in [0.3, 0.4) is 0 Å². The van der Waals surface area contributed by atoms with Crippen LogP contribution in [0.25, 0.3) is 38.5 Å². The molecule has 0 saturated carbocycles. The second-order valence-corrected chi connectivity index (χ2v) is 8.67. The van der Waals surface area contributed by atoms with Crippen LogP contribution in [0.2, 0.25) is 0 Å². The Balaban J connectivity index is 1.80. The zero-order chi connectivity index (χ0) is 21.7. The molecule has 152 valence electrons. The second kappa shape index (κ2) is 7.31. The molecule has 0 spiro atoms. The molecule has 0 amide bonds. The number of nitrogens with zero attached hydrogens (tertiary/aromatic N) is 2. The number of aromatic nitrogens is 2. The highest BCUT2D eigenvalue weighted by molar-refractivity contribution is 5.88. The van der Waals surface area contributed by atoms with Crippen molar-refractivity contribution in [1.29, 1.82) is 0 Å². The van der Waals surface area contributed by atoms with Gasteiger partial charge in [0.1, 0.15) is 7.05 Å². The van der Waals surface area contributed by atoms with Gasteiger partial charge in [-0.05, 0) is 55.3 Å². The minimum Gasteiger partial charge on any atom is -0.200 e. The predicted molar refractivity (Wildman–Crippen MR) is 129 cm³/mol. The molecule has 0 aliphatic heterocycles. The van der Waals surface area contributed by atoms with Gasteiger partial charge in [-0.15, -0.1) is 0 Å². The van der Waals surface area contributed by atoms with Crippen molar-refractivity contribution in [3.8, 4) is 16.9 Å². The van der Waals surface area contributed by atoms with E-state index in [0.29, 0.717) is 0 Å². The lowest BCUT2D eigenvalue weighted by Crippen LogP contribution is -2.36. The Morgan fingerprint density at radius 1 is 0.645 bits per heavy atom. The molecule has 5 rings (SSSR count). The van der Waals surface area contributed by atoms with Crippen LogP contribution in [-0.4, -0.2) is 0 Å². The number of fused-ring (bicyclic) bond motifs is 2. The number of hydrogen-bond donors (Lipinski definition) is 0. The minimum absolute atomic E-state index is 1.23. The van der Waals surface area contributed by atoms with E-state index in [1.54, 1.807) is 0 Å². The summed E-state index contributed by atoms with van der Waals surface area (Å²) in [5.74, 6) is 0. The number of benzene rings is 3. The molecule has 2 aromatic heterocycles. The van der Waals surface area contributed by atoms with Crippen LogP contribution in [0.15, 0.2) is 79.1 Å². The van der Waals surface area contributed by atoms with E-state index in [4.69, 9.17) is 0 Å². The van der Waals surface area contributed by atoms with E-state index in [2.05, 4.69) is 123 Å². The Labute approximate surface area is 184 Å². The van der Waals surface area contributed by atoms with Crippen LogP contribution in [0.5, 0.6) is 0 Å². The van der Waals surface area contributed by atoms with E-state index in [-0.39, 0.29) is 0 Å². The number of rotatable bonds is 2. The van der Waals surface area contributed by atoms with Crippen molar-refractivity contribution in [3.63, 3.8) is 0 Å². The van der Waals surface area contributed by atoms with Crippen LogP contribution < -0.4 is 9.13 Å². The first-order valence-electron chi connectivity index (χ1n) is 10.8. The van der Waals surface area contributed by atoms with Gasteiger partial charge in [0.2, 0.25) is 11.4 Å². The highest BCUT2D eigenvalue weighted by Crippen LogP contribution is 2.31. The van der Waals surface area contributed by atoms with Crippen LogP contribution >= 0.6 is 0 Å². The third kappa shape index (κ3) is 3.19. The van der Waals surface area contributed by atoms with E-state index in [1.165, 1.54) is 60.9 Å². The Hall–Kier alpha value is -3.52. The molecule has 0 aliphatic carbocycles. The molecule has 3 aromatic carbocycles. The maximum atomic E-state index is 2.34. The smallest absolute Gasteiger partial charge is 0.200 e. The fourth-order valence-corrected chi connectivity index (χ4v) is 4.90.